The maximum Gasteiger partial charge on any atom is 0.327 e. The van der Waals surface area contributed by atoms with Crippen LogP contribution in [0, 0.1) is 23.2 Å². The van der Waals surface area contributed by atoms with E-state index < -0.39 is 44.7 Å². The summed E-state index contributed by atoms with van der Waals surface area (Å²) in [7, 11) is 0. The van der Waals surface area contributed by atoms with E-state index in [4.69, 9.17) is 0 Å². The van der Waals surface area contributed by atoms with Gasteiger partial charge in [0, 0.05) is 9.64 Å². The van der Waals surface area contributed by atoms with Crippen LogP contribution in [0.15, 0.2) is 23.1 Å². The van der Waals surface area contributed by atoms with Gasteiger partial charge < -0.3 is 15.3 Å². The number of β-lactam (4-membered cyclic amide) rings is 1. The number of nitriles is 1. The van der Waals surface area contributed by atoms with Gasteiger partial charge in [-0.3, -0.25) is 9.59 Å². The standard InChI is InChI=1S/C28H39N3O4S2/c1-16(2)8-10-19-11-13-21(20(14-19)12-9-17(3)4)36-18(5)23(32)30-28(15-29)25(35)31-22(24(33)34)27(6,7)37-26(28)31/h11,13-14,16-18,22,26H,8-10,12H2,1-7H3,(H,30,32)(H,33,34)/t18?,22-,26+,28-/m0/s1. The lowest BCUT2D eigenvalue weighted by Gasteiger charge is -2.49. The first-order chi connectivity index (χ1) is 17.2. The number of hydrogen-bond acceptors (Lipinski definition) is 6. The number of carbonyl (C=O) groups is 3. The number of hydrogen-bond donors (Lipinski definition) is 2. The summed E-state index contributed by atoms with van der Waals surface area (Å²) in [6, 6.07) is 7.44. The van der Waals surface area contributed by atoms with Crippen molar-refractivity contribution in [3.63, 3.8) is 0 Å². The van der Waals surface area contributed by atoms with Crippen molar-refractivity contribution in [2.24, 2.45) is 11.8 Å². The number of amides is 2. The number of aliphatic carboxylic acids is 1. The Morgan fingerprint density at radius 2 is 1.78 bits per heavy atom. The Labute approximate surface area is 229 Å². The molecule has 0 aliphatic carbocycles. The van der Waals surface area contributed by atoms with Gasteiger partial charge >= 0.3 is 5.97 Å². The van der Waals surface area contributed by atoms with E-state index in [1.54, 1.807) is 20.8 Å². The monoisotopic (exact) mass is 545 g/mol. The highest BCUT2D eigenvalue weighted by Gasteiger charge is 2.73. The fourth-order valence-electron chi connectivity index (χ4n) is 4.84. The minimum absolute atomic E-state index is 0.407. The van der Waals surface area contributed by atoms with E-state index >= 15 is 0 Å². The highest BCUT2D eigenvalue weighted by atomic mass is 32.2. The molecule has 37 heavy (non-hydrogen) atoms. The summed E-state index contributed by atoms with van der Waals surface area (Å²) in [5.41, 5.74) is 0.767. The molecule has 0 aromatic heterocycles. The number of fused-ring (bicyclic) bond motifs is 1. The molecule has 0 saturated carbocycles. The minimum atomic E-state index is -1.75. The predicted octanol–water partition coefficient (Wildman–Crippen LogP) is 4.87. The van der Waals surface area contributed by atoms with Gasteiger partial charge in [0.1, 0.15) is 17.5 Å². The zero-order valence-corrected chi connectivity index (χ0v) is 24.5. The Hall–Kier alpha value is -2.18. The topological polar surface area (TPSA) is 111 Å². The van der Waals surface area contributed by atoms with Gasteiger partial charge in [0.25, 0.3) is 5.91 Å². The second kappa shape index (κ2) is 11.3. The van der Waals surface area contributed by atoms with Crippen LogP contribution in [-0.2, 0) is 27.2 Å². The van der Waals surface area contributed by atoms with Gasteiger partial charge in [-0.2, -0.15) is 5.26 Å². The lowest BCUT2D eigenvalue weighted by atomic mass is 9.85. The average Bonchev–Trinajstić information content (AvgIpc) is 3.09. The van der Waals surface area contributed by atoms with Gasteiger partial charge in [0.15, 0.2) is 0 Å². The van der Waals surface area contributed by atoms with E-state index in [-0.39, 0.29) is 0 Å². The second-order valence-corrected chi connectivity index (χ2v) is 14.6. The molecule has 1 aromatic carbocycles. The molecule has 9 heteroatoms. The van der Waals surface area contributed by atoms with Crippen molar-refractivity contribution in [2.45, 2.75) is 106 Å². The molecule has 3 rings (SSSR count). The molecule has 0 radical (unpaired) electrons. The van der Waals surface area contributed by atoms with Crippen LogP contribution < -0.4 is 5.32 Å². The third-order valence-electron chi connectivity index (χ3n) is 7.08. The number of thioether (sulfide) groups is 2. The van der Waals surface area contributed by atoms with Crippen LogP contribution in [-0.4, -0.2) is 54.7 Å². The average molecular weight is 546 g/mol. The summed E-state index contributed by atoms with van der Waals surface area (Å²) < 4.78 is -0.779. The van der Waals surface area contributed by atoms with Crippen molar-refractivity contribution in [1.82, 2.24) is 10.2 Å². The van der Waals surface area contributed by atoms with E-state index in [0.717, 1.165) is 30.6 Å². The lowest BCUT2D eigenvalue weighted by molar-refractivity contribution is -0.165. The SMILES string of the molecule is CC(C)CCc1ccc(SC(C)C(=O)N[C@@]2(C#N)C(=O)N3[C@@H](C(=O)O)C(C)(C)S[C@@H]32)c(CCC(C)C)c1. The highest BCUT2D eigenvalue weighted by molar-refractivity contribution is 8.01. The van der Waals surface area contributed by atoms with E-state index in [9.17, 15) is 24.8 Å². The Bertz CT molecular complexity index is 1100. The maximum atomic E-state index is 13.3. The first-order valence-electron chi connectivity index (χ1n) is 13.0. The molecule has 2 fully saturated rings. The number of carboxylic acid groups (broad SMARTS) is 1. The predicted molar refractivity (Wildman–Crippen MR) is 148 cm³/mol. The molecular weight excluding hydrogens is 506 g/mol. The summed E-state index contributed by atoms with van der Waals surface area (Å²) in [5.74, 6) is -0.980. The zero-order valence-electron chi connectivity index (χ0n) is 22.8. The van der Waals surface area contributed by atoms with Gasteiger partial charge in [-0.25, -0.2) is 4.79 Å². The van der Waals surface area contributed by atoms with Crippen LogP contribution in [0.1, 0.15) is 72.4 Å². The quantitative estimate of drug-likeness (QED) is 0.301. The largest absolute Gasteiger partial charge is 0.480 e. The summed E-state index contributed by atoms with van der Waals surface area (Å²) >= 11 is 2.68. The van der Waals surface area contributed by atoms with Gasteiger partial charge in [-0.05, 0) is 75.5 Å². The number of carboxylic acids is 1. The molecule has 2 heterocycles. The number of nitrogens with one attached hydrogen (secondary N) is 1. The molecule has 2 saturated heterocycles. The number of carbonyl (C=O) groups excluding carboxylic acids is 2. The molecule has 2 amide bonds. The molecule has 1 aromatic rings. The zero-order chi connectivity index (χ0) is 27.7. The fraction of sp³-hybridized carbons (Fsp3) is 0.643. The van der Waals surface area contributed by atoms with Crippen molar-refractivity contribution in [2.75, 3.05) is 0 Å². The van der Waals surface area contributed by atoms with Crippen LogP contribution in [0.4, 0.5) is 0 Å². The Kier molecular flexibility index (Phi) is 8.96. The first kappa shape index (κ1) is 29.4. The van der Waals surface area contributed by atoms with Crippen molar-refractivity contribution in [3.8, 4) is 6.07 Å². The van der Waals surface area contributed by atoms with Crippen LogP contribution in [0.25, 0.3) is 0 Å². The molecule has 4 atom stereocenters. The summed E-state index contributed by atoms with van der Waals surface area (Å²) in [6.07, 6.45) is 4.10. The molecule has 1 unspecified atom stereocenters. The van der Waals surface area contributed by atoms with Crippen molar-refractivity contribution in [3.05, 3.63) is 29.3 Å². The maximum absolute atomic E-state index is 13.3. The van der Waals surface area contributed by atoms with Gasteiger partial charge in [-0.15, -0.1) is 23.5 Å². The van der Waals surface area contributed by atoms with Gasteiger partial charge in [0.2, 0.25) is 11.4 Å². The van der Waals surface area contributed by atoms with Crippen molar-refractivity contribution < 1.29 is 19.5 Å². The third kappa shape index (κ3) is 5.96. The van der Waals surface area contributed by atoms with Crippen LogP contribution >= 0.6 is 23.5 Å². The second-order valence-electron chi connectivity index (χ2n) is 11.5. The normalized spacial score (nSPS) is 25.0. The highest BCUT2D eigenvalue weighted by Crippen LogP contribution is 2.54. The summed E-state index contributed by atoms with van der Waals surface area (Å²) in [6.45, 7) is 14.1. The number of rotatable bonds is 11. The van der Waals surface area contributed by atoms with Crippen molar-refractivity contribution >= 4 is 41.3 Å². The summed E-state index contributed by atoms with van der Waals surface area (Å²) in [4.78, 5) is 40.4. The molecule has 2 N–H and O–H groups in total. The Morgan fingerprint density at radius 1 is 1.16 bits per heavy atom. The fourth-order valence-corrected chi connectivity index (χ4v) is 7.49. The van der Waals surface area contributed by atoms with Crippen molar-refractivity contribution in [1.29, 1.82) is 5.26 Å². The Balaban J connectivity index is 1.76. The van der Waals surface area contributed by atoms with Gasteiger partial charge in [-0.1, -0.05) is 39.8 Å². The Morgan fingerprint density at radius 3 is 2.35 bits per heavy atom. The number of nitrogens with zero attached hydrogens (tertiary/aromatic N) is 2. The molecule has 2 aliphatic rings. The molecule has 7 nitrogen and oxygen atoms in total. The van der Waals surface area contributed by atoms with E-state index in [1.807, 2.05) is 6.07 Å². The lowest BCUT2D eigenvalue weighted by Crippen LogP contribution is -2.79. The van der Waals surface area contributed by atoms with E-state index in [2.05, 4.69) is 51.2 Å². The molecule has 0 spiro atoms. The third-order valence-corrected chi connectivity index (χ3v) is 9.93. The molecule has 0 bridgehead atoms. The van der Waals surface area contributed by atoms with Crippen LogP contribution in [0.3, 0.4) is 0 Å². The summed E-state index contributed by atoms with van der Waals surface area (Å²) in [5, 5.41) is 21.1. The number of benzene rings is 1. The van der Waals surface area contributed by atoms with Crippen LogP contribution in [0.2, 0.25) is 0 Å². The van der Waals surface area contributed by atoms with Crippen LogP contribution in [0.5, 0.6) is 0 Å². The first-order valence-corrected chi connectivity index (χ1v) is 14.7. The van der Waals surface area contributed by atoms with E-state index in [1.165, 1.54) is 39.6 Å². The smallest absolute Gasteiger partial charge is 0.327 e. The van der Waals surface area contributed by atoms with E-state index in [0.29, 0.717) is 11.8 Å². The molecule has 2 aliphatic heterocycles. The minimum Gasteiger partial charge on any atom is -0.480 e. The van der Waals surface area contributed by atoms with Gasteiger partial charge in [0.05, 0.1) is 5.25 Å². The molecule has 202 valence electrons. The number of aryl methyl sites for hydroxylation is 2. The molecular formula is C28H39N3O4S2.